The van der Waals surface area contributed by atoms with Crippen LogP contribution in [-0.2, 0) is 11.0 Å². The van der Waals surface area contributed by atoms with Crippen molar-refractivity contribution in [1.29, 1.82) is 0 Å². The zero-order chi connectivity index (χ0) is 11.6. The van der Waals surface area contributed by atoms with Crippen LogP contribution in [-0.4, -0.2) is 25.9 Å². The molecule has 0 saturated heterocycles. The van der Waals surface area contributed by atoms with E-state index in [0.29, 0.717) is 12.8 Å². The number of nitrogens with zero attached hydrogens (tertiary/aromatic N) is 1. The number of H-pyrrole nitrogens is 1. The van der Waals surface area contributed by atoms with E-state index in [1.807, 2.05) is 24.3 Å². The largest absolute Gasteiger partial charge is 0.342 e. The van der Waals surface area contributed by atoms with Crippen LogP contribution in [0.5, 0.6) is 0 Å². The van der Waals surface area contributed by atoms with Crippen LogP contribution in [0.3, 0.4) is 0 Å². The van der Waals surface area contributed by atoms with Crippen molar-refractivity contribution >= 4 is 18.6 Å². The number of para-hydroxylation sites is 2. The Hall–Kier alpha value is -1.16. The van der Waals surface area contributed by atoms with Gasteiger partial charge in [-0.05, 0) is 18.6 Å². The van der Waals surface area contributed by atoms with Crippen LogP contribution in [0.1, 0.15) is 12.2 Å². The molecular weight excluding hydrogens is 227 g/mol. The molecule has 0 amide bonds. The Morgan fingerprint density at radius 1 is 1.31 bits per heavy atom. The maximum atomic E-state index is 10.7. The third kappa shape index (κ3) is 2.92. The summed E-state index contributed by atoms with van der Waals surface area (Å²) in [6.07, 6.45) is 0.897. The molecular formula is C10H13N2O3P. The molecule has 6 heteroatoms. The van der Waals surface area contributed by atoms with Crippen LogP contribution < -0.4 is 0 Å². The quantitative estimate of drug-likeness (QED) is 0.709. The van der Waals surface area contributed by atoms with E-state index in [0.717, 1.165) is 16.9 Å². The summed E-state index contributed by atoms with van der Waals surface area (Å²) in [7, 11) is -3.88. The van der Waals surface area contributed by atoms with E-state index in [-0.39, 0.29) is 6.16 Å². The summed E-state index contributed by atoms with van der Waals surface area (Å²) in [4.78, 5) is 24.9. The Labute approximate surface area is 92.7 Å². The molecule has 0 aliphatic heterocycles. The maximum absolute atomic E-state index is 10.7. The van der Waals surface area contributed by atoms with Crippen molar-refractivity contribution in [3.05, 3.63) is 30.1 Å². The SMILES string of the molecule is O=P(O)(O)CCCc1nc2ccccc2[nH]1. The predicted molar refractivity (Wildman–Crippen MR) is 61.3 cm³/mol. The van der Waals surface area contributed by atoms with Gasteiger partial charge < -0.3 is 14.8 Å². The molecule has 3 N–H and O–H groups in total. The lowest BCUT2D eigenvalue weighted by molar-refractivity contribution is 0.371. The van der Waals surface area contributed by atoms with Gasteiger partial charge in [-0.25, -0.2) is 4.98 Å². The molecule has 86 valence electrons. The number of aryl methyl sites for hydroxylation is 1. The number of aromatic amines is 1. The number of benzene rings is 1. The first kappa shape index (κ1) is 11.3. The summed E-state index contributed by atoms with van der Waals surface area (Å²) in [5, 5.41) is 0. The summed E-state index contributed by atoms with van der Waals surface area (Å²) < 4.78 is 10.7. The van der Waals surface area contributed by atoms with Crippen molar-refractivity contribution in [3.8, 4) is 0 Å². The fourth-order valence-corrected chi connectivity index (χ4v) is 2.15. The van der Waals surface area contributed by atoms with Gasteiger partial charge in [-0.2, -0.15) is 0 Å². The lowest BCUT2D eigenvalue weighted by atomic mass is 10.3. The molecule has 2 rings (SSSR count). The maximum Gasteiger partial charge on any atom is 0.325 e. The second kappa shape index (κ2) is 4.37. The minimum atomic E-state index is -3.88. The Bertz CT molecular complexity index is 499. The van der Waals surface area contributed by atoms with E-state index in [2.05, 4.69) is 9.97 Å². The minimum absolute atomic E-state index is 0.0932. The molecule has 0 atom stereocenters. The molecule has 5 nitrogen and oxygen atoms in total. The highest BCUT2D eigenvalue weighted by Gasteiger charge is 2.12. The lowest BCUT2D eigenvalue weighted by Gasteiger charge is -2.01. The molecule has 0 aliphatic carbocycles. The number of rotatable bonds is 4. The third-order valence-electron chi connectivity index (χ3n) is 2.30. The van der Waals surface area contributed by atoms with Gasteiger partial charge in [0.05, 0.1) is 17.2 Å². The molecule has 1 heterocycles. The zero-order valence-corrected chi connectivity index (χ0v) is 9.52. The smallest absolute Gasteiger partial charge is 0.325 e. The van der Waals surface area contributed by atoms with Crippen LogP contribution in [0.25, 0.3) is 11.0 Å². The summed E-state index contributed by atoms with van der Waals surface area (Å²) >= 11 is 0. The lowest BCUT2D eigenvalue weighted by Crippen LogP contribution is -1.93. The van der Waals surface area contributed by atoms with Gasteiger partial charge >= 0.3 is 7.60 Å². The molecule has 0 unspecified atom stereocenters. The Morgan fingerprint density at radius 2 is 2.06 bits per heavy atom. The Kier molecular flexibility index (Phi) is 3.10. The van der Waals surface area contributed by atoms with E-state index in [9.17, 15) is 4.57 Å². The Morgan fingerprint density at radius 3 is 2.75 bits per heavy atom. The fraction of sp³-hybridized carbons (Fsp3) is 0.300. The number of hydrogen-bond donors (Lipinski definition) is 3. The second-order valence-corrected chi connectivity index (χ2v) is 5.47. The standard InChI is InChI=1S/C10H13N2O3P/c13-16(14,15)7-3-6-10-11-8-4-1-2-5-9(8)12-10/h1-2,4-5H,3,6-7H2,(H,11,12)(H2,13,14,15). The topological polar surface area (TPSA) is 86.2 Å². The van der Waals surface area contributed by atoms with E-state index in [4.69, 9.17) is 9.79 Å². The monoisotopic (exact) mass is 240 g/mol. The van der Waals surface area contributed by atoms with Crippen molar-refractivity contribution in [2.75, 3.05) is 6.16 Å². The van der Waals surface area contributed by atoms with Crippen molar-refractivity contribution in [2.24, 2.45) is 0 Å². The minimum Gasteiger partial charge on any atom is -0.342 e. The molecule has 0 saturated carbocycles. The number of hydrogen-bond acceptors (Lipinski definition) is 2. The summed E-state index contributed by atoms with van der Waals surface area (Å²) in [5.74, 6) is 0.773. The molecule has 1 aromatic carbocycles. The third-order valence-corrected chi connectivity index (χ3v) is 3.20. The fourth-order valence-electron chi connectivity index (χ4n) is 1.58. The Balaban J connectivity index is 2.02. The zero-order valence-electron chi connectivity index (χ0n) is 8.63. The number of nitrogens with one attached hydrogen (secondary N) is 1. The molecule has 0 spiro atoms. The number of aromatic nitrogens is 2. The first-order chi connectivity index (χ1) is 7.54. The van der Waals surface area contributed by atoms with Gasteiger partial charge in [0.1, 0.15) is 5.82 Å². The highest BCUT2D eigenvalue weighted by atomic mass is 31.2. The first-order valence-corrected chi connectivity index (χ1v) is 6.82. The summed E-state index contributed by atoms with van der Waals surface area (Å²) in [6.45, 7) is 0. The number of fused-ring (bicyclic) bond motifs is 1. The normalized spacial score (nSPS) is 12.1. The molecule has 1 aromatic heterocycles. The molecule has 0 radical (unpaired) electrons. The molecule has 0 aliphatic rings. The average Bonchev–Trinajstić information content (AvgIpc) is 2.57. The number of imidazole rings is 1. The van der Waals surface area contributed by atoms with Gasteiger partial charge in [0, 0.05) is 6.42 Å². The van der Waals surface area contributed by atoms with Gasteiger partial charge in [-0.15, -0.1) is 0 Å². The van der Waals surface area contributed by atoms with Crippen LogP contribution >= 0.6 is 7.60 Å². The van der Waals surface area contributed by atoms with E-state index in [1.54, 1.807) is 0 Å². The van der Waals surface area contributed by atoms with Crippen molar-refractivity contribution < 1.29 is 14.4 Å². The highest BCUT2D eigenvalue weighted by Crippen LogP contribution is 2.35. The summed E-state index contributed by atoms with van der Waals surface area (Å²) in [5.41, 5.74) is 1.84. The van der Waals surface area contributed by atoms with Gasteiger partial charge in [0.25, 0.3) is 0 Å². The highest BCUT2D eigenvalue weighted by molar-refractivity contribution is 7.51. The van der Waals surface area contributed by atoms with Crippen LogP contribution in [0.15, 0.2) is 24.3 Å². The van der Waals surface area contributed by atoms with E-state index in [1.165, 1.54) is 0 Å². The molecule has 2 aromatic rings. The predicted octanol–water partition coefficient (Wildman–Crippen LogP) is 1.67. The molecule has 16 heavy (non-hydrogen) atoms. The van der Waals surface area contributed by atoms with Crippen LogP contribution in [0.4, 0.5) is 0 Å². The van der Waals surface area contributed by atoms with E-state index < -0.39 is 7.60 Å². The summed E-state index contributed by atoms with van der Waals surface area (Å²) in [6, 6.07) is 7.65. The van der Waals surface area contributed by atoms with Crippen molar-refractivity contribution in [3.63, 3.8) is 0 Å². The van der Waals surface area contributed by atoms with Crippen molar-refractivity contribution in [2.45, 2.75) is 12.8 Å². The van der Waals surface area contributed by atoms with Gasteiger partial charge in [0.15, 0.2) is 0 Å². The van der Waals surface area contributed by atoms with Gasteiger partial charge in [0.2, 0.25) is 0 Å². The van der Waals surface area contributed by atoms with Crippen molar-refractivity contribution in [1.82, 2.24) is 9.97 Å². The van der Waals surface area contributed by atoms with E-state index >= 15 is 0 Å². The van der Waals surface area contributed by atoms with Crippen LogP contribution in [0.2, 0.25) is 0 Å². The first-order valence-electron chi connectivity index (χ1n) is 5.03. The van der Waals surface area contributed by atoms with Gasteiger partial charge in [-0.1, -0.05) is 12.1 Å². The second-order valence-electron chi connectivity index (χ2n) is 3.69. The van der Waals surface area contributed by atoms with Crippen LogP contribution in [0, 0.1) is 0 Å². The molecule has 0 bridgehead atoms. The van der Waals surface area contributed by atoms with Gasteiger partial charge in [-0.3, -0.25) is 4.57 Å². The average molecular weight is 240 g/mol. The molecule has 0 fully saturated rings.